The monoisotopic (exact) mass is 319 g/mol. The van der Waals surface area contributed by atoms with Gasteiger partial charge in [0.15, 0.2) is 0 Å². The minimum Gasteiger partial charge on any atom is -0.508 e. The van der Waals surface area contributed by atoms with Gasteiger partial charge in [-0.15, -0.1) is 11.8 Å². The van der Waals surface area contributed by atoms with Gasteiger partial charge in [0.1, 0.15) is 16.5 Å². The van der Waals surface area contributed by atoms with E-state index in [1.54, 1.807) is 17.8 Å². The van der Waals surface area contributed by atoms with Crippen molar-refractivity contribution < 1.29 is 10.2 Å². The third kappa shape index (κ3) is 2.74. The molecule has 1 aliphatic heterocycles. The highest BCUT2D eigenvalue weighted by molar-refractivity contribution is 8.13. The standard InChI is InChI=1S/C16H14ClNO2S/c1-2-9-6-12(15(20)7-14(9)19)16-18-13-4-3-11(17)5-10(13)8-21-16/h3-7,19-20H,2,8H2,1H3. The largest absolute Gasteiger partial charge is 0.508 e. The number of halogens is 1. The van der Waals surface area contributed by atoms with Crippen LogP contribution in [0.5, 0.6) is 11.5 Å². The van der Waals surface area contributed by atoms with Crippen molar-refractivity contribution in [1.29, 1.82) is 0 Å². The van der Waals surface area contributed by atoms with Gasteiger partial charge >= 0.3 is 0 Å². The molecule has 0 amide bonds. The van der Waals surface area contributed by atoms with Gasteiger partial charge in [0.05, 0.1) is 5.69 Å². The average molecular weight is 320 g/mol. The van der Waals surface area contributed by atoms with Gasteiger partial charge in [-0.1, -0.05) is 18.5 Å². The van der Waals surface area contributed by atoms with Crippen LogP contribution in [0.15, 0.2) is 35.3 Å². The van der Waals surface area contributed by atoms with Crippen LogP contribution in [0.4, 0.5) is 5.69 Å². The van der Waals surface area contributed by atoms with Gasteiger partial charge < -0.3 is 10.2 Å². The number of fused-ring (bicyclic) bond motifs is 1. The van der Waals surface area contributed by atoms with Crippen molar-refractivity contribution >= 4 is 34.1 Å². The number of thioether (sulfide) groups is 1. The minimum absolute atomic E-state index is 0.0494. The highest BCUT2D eigenvalue weighted by atomic mass is 35.5. The summed E-state index contributed by atoms with van der Waals surface area (Å²) in [6.07, 6.45) is 0.698. The Morgan fingerprint density at radius 2 is 2.00 bits per heavy atom. The van der Waals surface area contributed by atoms with Crippen LogP contribution in [0.25, 0.3) is 0 Å². The molecule has 108 valence electrons. The Labute approximate surface area is 132 Å². The van der Waals surface area contributed by atoms with Crippen molar-refractivity contribution in [3.05, 3.63) is 52.0 Å². The maximum Gasteiger partial charge on any atom is 0.129 e. The molecule has 0 fully saturated rings. The van der Waals surface area contributed by atoms with Gasteiger partial charge in [-0.2, -0.15) is 0 Å². The molecule has 1 aliphatic rings. The number of aryl methyl sites for hydroxylation is 1. The van der Waals surface area contributed by atoms with Crippen molar-refractivity contribution in [2.24, 2.45) is 4.99 Å². The molecule has 1 heterocycles. The summed E-state index contributed by atoms with van der Waals surface area (Å²) in [5.41, 5.74) is 3.42. The van der Waals surface area contributed by atoms with Crippen molar-refractivity contribution in [3.63, 3.8) is 0 Å². The first-order chi connectivity index (χ1) is 10.1. The average Bonchev–Trinajstić information content (AvgIpc) is 2.47. The lowest BCUT2D eigenvalue weighted by atomic mass is 10.1. The molecule has 2 aromatic carbocycles. The molecule has 0 bridgehead atoms. The van der Waals surface area contributed by atoms with Crippen LogP contribution in [-0.4, -0.2) is 15.3 Å². The number of hydrogen-bond acceptors (Lipinski definition) is 4. The van der Waals surface area contributed by atoms with E-state index >= 15 is 0 Å². The molecule has 2 aromatic rings. The quantitative estimate of drug-likeness (QED) is 0.848. The zero-order valence-corrected chi connectivity index (χ0v) is 13.0. The topological polar surface area (TPSA) is 52.8 Å². The lowest BCUT2D eigenvalue weighted by Crippen LogP contribution is -2.03. The van der Waals surface area contributed by atoms with Crippen LogP contribution in [0.3, 0.4) is 0 Å². The Kier molecular flexibility index (Phi) is 3.83. The third-order valence-electron chi connectivity index (χ3n) is 3.44. The molecule has 0 aromatic heterocycles. The summed E-state index contributed by atoms with van der Waals surface area (Å²) < 4.78 is 0. The molecule has 0 radical (unpaired) electrons. The normalized spacial score (nSPS) is 13.7. The Balaban J connectivity index is 2.08. The number of phenolic OH excluding ortho intramolecular Hbond substituents is 2. The first-order valence-corrected chi connectivity index (χ1v) is 8.00. The van der Waals surface area contributed by atoms with Gasteiger partial charge in [0, 0.05) is 22.4 Å². The van der Waals surface area contributed by atoms with E-state index in [-0.39, 0.29) is 11.5 Å². The van der Waals surface area contributed by atoms with Crippen LogP contribution in [0.1, 0.15) is 23.6 Å². The van der Waals surface area contributed by atoms with E-state index in [9.17, 15) is 10.2 Å². The van der Waals surface area contributed by atoms with Gasteiger partial charge in [0.2, 0.25) is 0 Å². The fourth-order valence-corrected chi connectivity index (χ4v) is 3.48. The lowest BCUT2D eigenvalue weighted by molar-refractivity contribution is 0.446. The van der Waals surface area contributed by atoms with Gasteiger partial charge in [-0.05, 0) is 41.8 Å². The summed E-state index contributed by atoms with van der Waals surface area (Å²) in [7, 11) is 0. The Morgan fingerprint density at radius 1 is 1.19 bits per heavy atom. The van der Waals surface area contributed by atoms with Crippen LogP contribution in [-0.2, 0) is 12.2 Å². The summed E-state index contributed by atoms with van der Waals surface area (Å²) in [5, 5.41) is 21.3. The number of hydrogen-bond donors (Lipinski definition) is 2. The van der Waals surface area contributed by atoms with Gasteiger partial charge in [-0.3, -0.25) is 0 Å². The summed E-state index contributed by atoms with van der Waals surface area (Å²) in [5.74, 6) is 0.928. The second-order valence-electron chi connectivity index (χ2n) is 4.83. The molecule has 0 spiro atoms. The Hall–Kier alpha value is -1.65. The number of benzene rings is 2. The van der Waals surface area contributed by atoms with E-state index in [0.29, 0.717) is 17.0 Å². The summed E-state index contributed by atoms with van der Waals surface area (Å²) in [6.45, 7) is 1.96. The molecule has 0 saturated carbocycles. The molecule has 0 unspecified atom stereocenters. The fraction of sp³-hybridized carbons (Fsp3) is 0.188. The summed E-state index contributed by atoms with van der Waals surface area (Å²) >= 11 is 7.54. The maximum absolute atomic E-state index is 10.1. The molecule has 5 heteroatoms. The highest BCUT2D eigenvalue weighted by Gasteiger charge is 2.18. The summed E-state index contributed by atoms with van der Waals surface area (Å²) in [4.78, 5) is 4.60. The van der Waals surface area contributed by atoms with E-state index in [4.69, 9.17) is 11.6 Å². The summed E-state index contributed by atoms with van der Waals surface area (Å²) in [6, 6.07) is 8.80. The molecular weight excluding hydrogens is 306 g/mol. The van der Waals surface area contributed by atoms with Crippen molar-refractivity contribution in [1.82, 2.24) is 0 Å². The van der Waals surface area contributed by atoms with E-state index in [1.165, 1.54) is 6.07 Å². The molecule has 3 nitrogen and oxygen atoms in total. The Morgan fingerprint density at radius 3 is 2.76 bits per heavy atom. The zero-order valence-electron chi connectivity index (χ0n) is 11.4. The Bertz CT molecular complexity index is 743. The van der Waals surface area contributed by atoms with E-state index < -0.39 is 0 Å². The van der Waals surface area contributed by atoms with Crippen molar-refractivity contribution in [2.75, 3.05) is 0 Å². The predicted molar refractivity (Wildman–Crippen MR) is 88.1 cm³/mol. The SMILES string of the molecule is CCc1cc(C2=Nc3ccc(Cl)cc3CS2)c(O)cc1O. The first kappa shape index (κ1) is 14.3. The predicted octanol–water partition coefficient (Wildman–Crippen LogP) is 4.64. The molecule has 0 atom stereocenters. The first-order valence-electron chi connectivity index (χ1n) is 6.63. The van der Waals surface area contributed by atoms with Gasteiger partial charge in [0.25, 0.3) is 0 Å². The van der Waals surface area contributed by atoms with Crippen LogP contribution < -0.4 is 0 Å². The molecule has 0 saturated heterocycles. The molecule has 0 aliphatic carbocycles. The van der Waals surface area contributed by atoms with Crippen LogP contribution in [0, 0.1) is 0 Å². The van der Waals surface area contributed by atoms with Crippen LogP contribution >= 0.6 is 23.4 Å². The molecule has 2 N–H and O–H groups in total. The third-order valence-corrected chi connectivity index (χ3v) is 4.71. The number of nitrogens with zero attached hydrogens (tertiary/aromatic N) is 1. The van der Waals surface area contributed by atoms with Gasteiger partial charge in [-0.25, -0.2) is 4.99 Å². The highest BCUT2D eigenvalue weighted by Crippen LogP contribution is 2.38. The molecule has 21 heavy (non-hydrogen) atoms. The second-order valence-corrected chi connectivity index (χ2v) is 6.23. The number of aliphatic imine (C=N–C) groups is 1. The van der Waals surface area contributed by atoms with Crippen LogP contribution in [0.2, 0.25) is 5.02 Å². The smallest absolute Gasteiger partial charge is 0.129 e. The zero-order chi connectivity index (χ0) is 15.0. The molecular formula is C16H14ClNO2S. The van der Waals surface area contributed by atoms with E-state index in [1.807, 2.05) is 25.1 Å². The number of aromatic hydroxyl groups is 2. The van der Waals surface area contributed by atoms with Crippen molar-refractivity contribution in [3.8, 4) is 11.5 Å². The fourth-order valence-electron chi connectivity index (χ4n) is 2.28. The van der Waals surface area contributed by atoms with Crippen molar-refractivity contribution in [2.45, 2.75) is 19.1 Å². The maximum atomic E-state index is 10.1. The number of phenols is 2. The second kappa shape index (κ2) is 5.62. The van der Waals surface area contributed by atoms with E-state index in [0.717, 1.165) is 27.6 Å². The number of rotatable bonds is 2. The molecule has 3 rings (SSSR count). The minimum atomic E-state index is 0.0494. The lowest BCUT2D eigenvalue weighted by Gasteiger charge is -2.17. The van der Waals surface area contributed by atoms with E-state index in [2.05, 4.69) is 4.99 Å².